The van der Waals surface area contributed by atoms with Crippen molar-refractivity contribution in [3.63, 3.8) is 0 Å². The van der Waals surface area contributed by atoms with E-state index < -0.39 is 5.41 Å². The molecule has 0 aromatic carbocycles. The first-order valence-electron chi connectivity index (χ1n) is 8.59. The Morgan fingerprint density at radius 1 is 1.39 bits per heavy atom. The number of ether oxygens (including phenoxy) is 1. The van der Waals surface area contributed by atoms with Crippen LogP contribution in [-0.2, 0) is 14.3 Å². The van der Waals surface area contributed by atoms with E-state index in [1.807, 2.05) is 11.8 Å². The molecule has 1 amide bonds. The molecular weight excluding hydrogens is 316 g/mol. The van der Waals surface area contributed by atoms with Gasteiger partial charge < -0.3 is 15.0 Å². The molecule has 0 saturated carbocycles. The molecule has 0 radical (unpaired) electrons. The van der Waals surface area contributed by atoms with Gasteiger partial charge in [-0.25, -0.2) is 0 Å². The summed E-state index contributed by atoms with van der Waals surface area (Å²) < 4.78 is 5.38. The molecule has 2 fully saturated rings. The van der Waals surface area contributed by atoms with Crippen LogP contribution in [0.1, 0.15) is 51.9 Å². The highest BCUT2D eigenvalue weighted by molar-refractivity contribution is 5.88. The van der Waals surface area contributed by atoms with E-state index in [4.69, 9.17) is 4.74 Å². The molecule has 3 aliphatic rings. The number of nitrogens with one attached hydrogen (secondary N) is 1. The summed E-state index contributed by atoms with van der Waals surface area (Å²) in [5, 5.41) is 3.34. The number of piperidine rings is 2. The smallest absolute Gasteiger partial charge is 0.318 e. The molecule has 0 bridgehead atoms. The minimum Gasteiger partial charge on any atom is -0.465 e. The quantitative estimate of drug-likeness (QED) is 0.800. The second-order valence-corrected chi connectivity index (χ2v) is 6.53. The third kappa shape index (κ3) is 3.26. The van der Waals surface area contributed by atoms with Crippen molar-refractivity contribution in [2.75, 3.05) is 19.7 Å². The highest BCUT2D eigenvalue weighted by Gasteiger charge is 2.52. The standard InChI is InChI=1S/C17H26N2O3.ClH/c1-2-22-16(21)17-9-4-3-5-14(17)19(15(20)6-10-17)13-7-11-18-12-8-13;/h5,13,18H,2-4,6-12H2,1H3;1H. The zero-order valence-electron chi connectivity index (χ0n) is 13.8. The molecule has 2 aliphatic heterocycles. The van der Waals surface area contributed by atoms with Gasteiger partial charge in [0, 0.05) is 18.2 Å². The zero-order chi connectivity index (χ0) is 15.6. The van der Waals surface area contributed by atoms with Gasteiger partial charge in [0.15, 0.2) is 0 Å². The number of nitrogens with zero attached hydrogens (tertiary/aromatic N) is 1. The first-order chi connectivity index (χ1) is 10.7. The molecule has 2 saturated heterocycles. The predicted molar refractivity (Wildman–Crippen MR) is 90.2 cm³/mol. The minimum absolute atomic E-state index is 0. The first-order valence-corrected chi connectivity index (χ1v) is 8.59. The van der Waals surface area contributed by atoms with E-state index in [1.54, 1.807) is 0 Å². The van der Waals surface area contributed by atoms with Gasteiger partial charge in [-0.05, 0) is 58.5 Å². The lowest BCUT2D eigenvalue weighted by molar-refractivity contribution is -0.159. The summed E-state index contributed by atoms with van der Waals surface area (Å²) in [4.78, 5) is 27.2. The molecule has 5 nitrogen and oxygen atoms in total. The van der Waals surface area contributed by atoms with Gasteiger partial charge in [0.25, 0.3) is 0 Å². The van der Waals surface area contributed by atoms with Crippen molar-refractivity contribution in [1.82, 2.24) is 10.2 Å². The van der Waals surface area contributed by atoms with Gasteiger partial charge in [-0.2, -0.15) is 0 Å². The maximum Gasteiger partial charge on any atom is 0.318 e. The van der Waals surface area contributed by atoms with Crippen LogP contribution in [0, 0.1) is 5.41 Å². The average molecular weight is 343 g/mol. The Balaban J connectivity index is 0.00000192. The summed E-state index contributed by atoms with van der Waals surface area (Å²) >= 11 is 0. The highest BCUT2D eigenvalue weighted by atomic mass is 35.5. The number of esters is 1. The van der Waals surface area contributed by atoms with Gasteiger partial charge in [0.1, 0.15) is 5.41 Å². The maximum atomic E-state index is 12.7. The van der Waals surface area contributed by atoms with Crippen molar-refractivity contribution in [1.29, 1.82) is 0 Å². The zero-order valence-corrected chi connectivity index (χ0v) is 14.6. The summed E-state index contributed by atoms with van der Waals surface area (Å²) in [6.07, 6.45) is 7.87. The number of allylic oxidation sites excluding steroid dienone is 1. The predicted octanol–water partition coefficient (Wildman–Crippen LogP) is 2.40. The molecular formula is C17H27ClN2O3. The summed E-state index contributed by atoms with van der Waals surface area (Å²) in [5.74, 6) is 0.0485. The third-order valence-electron chi connectivity index (χ3n) is 5.27. The molecule has 0 aromatic heterocycles. The van der Waals surface area contributed by atoms with E-state index in [2.05, 4.69) is 11.4 Å². The molecule has 3 rings (SSSR count). The second kappa shape index (κ2) is 7.67. The average Bonchev–Trinajstić information content (AvgIpc) is 2.56. The fraction of sp³-hybridized carbons (Fsp3) is 0.765. The van der Waals surface area contributed by atoms with E-state index >= 15 is 0 Å². The van der Waals surface area contributed by atoms with Crippen molar-refractivity contribution in [2.24, 2.45) is 5.41 Å². The van der Waals surface area contributed by atoms with Gasteiger partial charge in [-0.15, -0.1) is 12.4 Å². The molecule has 23 heavy (non-hydrogen) atoms. The molecule has 130 valence electrons. The Morgan fingerprint density at radius 3 is 2.83 bits per heavy atom. The molecule has 1 atom stereocenters. The van der Waals surface area contributed by atoms with E-state index in [-0.39, 0.29) is 30.3 Å². The summed E-state index contributed by atoms with van der Waals surface area (Å²) in [6, 6.07) is 0.229. The van der Waals surface area contributed by atoms with E-state index in [0.29, 0.717) is 19.4 Å². The van der Waals surface area contributed by atoms with Crippen LogP contribution in [0.2, 0.25) is 0 Å². The van der Waals surface area contributed by atoms with Crippen LogP contribution in [0.4, 0.5) is 0 Å². The van der Waals surface area contributed by atoms with E-state index in [9.17, 15) is 9.59 Å². The Bertz CT molecular complexity index is 488. The van der Waals surface area contributed by atoms with Gasteiger partial charge >= 0.3 is 5.97 Å². The maximum absolute atomic E-state index is 12.7. The van der Waals surface area contributed by atoms with Crippen molar-refractivity contribution >= 4 is 24.3 Å². The number of amides is 1. The summed E-state index contributed by atoms with van der Waals surface area (Å²) in [6.45, 7) is 4.12. The minimum atomic E-state index is -0.576. The lowest BCUT2D eigenvalue weighted by Crippen LogP contribution is -2.55. The van der Waals surface area contributed by atoms with Crippen LogP contribution in [0.15, 0.2) is 11.8 Å². The number of halogens is 1. The monoisotopic (exact) mass is 342 g/mol. The Labute approximate surface area is 144 Å². The first kappa shape index (κ1) is 18.3. The fourth-order valence-corrected chi connectivity index (χ4v) is 4.17. The van der Waals surface area contributed by atoms with Crippen LogP contribution in [0.3, 0.4) is 0 Å². The lowest BCUT2D eigenvalue weighted by atomic mass is 9.69. The van der Waals surface area contributed by atoms with Crippen LogP contribution in [-0.4, -0.2) is 42.5 Å². The molecule has 0 aromatic rings. The summed E-state index contributed by atoms with van der Waals surface area (Å²) in [5.41, 5.74) is 0.368. The number of hydrogen-bond donors (Lipinski definition) is 1. The SMILES string of the molecule is CCOC(=O)C12CCCC=C1N(C1CCNCC1)C(=O)CC2.Cl. The second-order valence-electron chi connectivity index (χ2n) is 6.53. The number of carbonyl (C=O) groups excluding carboxylic acids is 2. The molecule has 1 unspecified atom stereocenters. The largest absolute Gasteiger partial charge is 0.465 e. The molecule has 0 spiro atoms. The lowest BCUT2D eigenvalue weighted by Gasteiger charge is -2.48. The third-order valence-corrected chi connectivity index (χ3v) is 5.27. The normalized spacial score (nSPS) is 28.5. The number of rotatable bonds is 3. The highest BCUT2D eigenvalue weighted by Crippen LogP contribution is 2.48. The van der Waals surface area contributed by atoms with Gasteiger partial charge in [0.05, 0.1) is 6.61 Å². The van der Waals surface area contributed by atoms with Gasteiger partial charge in [-0.3, -0.25) is 9.59 Å². The molecule has 6 heteroatoms. The number of hydrogen-bond acceptors (Lipinski definition) is 4. The van der Waals surface area contributed by atoms with E-state index in [0.717, 1.165) is 50.9 Å². The van der Waals surface area contributed by atoms with Crippen molar-refractivity contribution in [2.45, 2.75) is 57.9 Å². The molecule has 2 heterocycles. The number of likely N-dealkylation sites (tertiary alicyclic amines) is 1. The Kier molecular flexibility index (Phi) is 6.09. The van der Waals surface area contributed by atoms with Gasteiger partial charge in [0.2, 0.25) is 5.91 Å². The van der Waals surface area contributed by atoms with Crippen LogP contribution >= 0.6 is 12.4 Å². The number of carbonyl (C=O) groups is 2. The van der Waals surface area contributed by atoms with Gasteiger partial charge in [-0.1, -0.05) is 6.08 Å². The van der Waals surface area contributed by atoms with Crippen molar-refractivity contribution < 1.29 is 14.3 Å². The Hall–Kier alpha value is -1.07. The van der Waals surface area contributed by atoms with Crippen LogP contribution in [0.25, 0.3) is 0 Å². The molecule has 1 N–H and O–H groups in total. The van der Waals surface area contributed by atoms with E-state index in [1.165, 1.54) is 0 Å². The summed E-state index contributed by atoms with van der Waals surface area (Å²) in [7, 11) is 0. The van der Waals surface area contributed by atoms with Crippen molar-refractivity contribution in [3.8, 4) is 0 Å². The Morgan fingerprint density at radius 2 is 2.13 bits per heavy atom. The molecule has 1 aliphatic carbocycles. The topological polar surface area (TPSA) is 58.6 Å². The fourth-order valence-electron chi connectivity index (χ4n) is 4.17. The van der Waals surface area contributed by atoms with Crippen LogP contribution < -0.4 is 5.32 Å². The number of fused-ring (bicyclic) bond motifs is 1. The van der Waals surface area contributed by atoms with Crippen LogP contribution in [0.5, 0.6) is 0 Å². The van der Waals surface area contributed by atoms with Crippen molar-refractivity contribution in [3.05, 3.63) is 11.8 Å².